The molecule has 0 aliphatic heterocycles. The van der Waals surface area contributed by atoms with E-state index in [9.17, 15) is 14.7 Å². The van der Waals surface area contributed by atoms with Gasteiger partial charge in [0.25, 0.3) is 5.91 Å². The number of amides is 1. The number of fused-ring (bicyclic) bond motifs is 2. The van der Waals surface area contributed by atoms with Crippen molar-refractivity contribution in [2.75, 3.05) is 7.05 Å². The van der Waals surface area contributed by atoms with E-state index < -0.39 is 5.97 Å². The molecule has 0 aliphatic rings. The van der Waals surface area contributed by atoms with Crippen LogP contribution in [0, 0.1) is 0 Å². The Balaban J connectivity index is 2.16. The average Bonchev–Trinajstić information content (AvgIpc) is 2.70. The molecule has 130 valence electrons. The SMILES string of the molecule is CNC(=O)c1ccc2c3cccc4cccc(c5ccc(C(=O)O)c1c52)c43. The molecule has 27 heavy (non-hydrogen) atoms. The molecule has 0 radical (unpaired) electrons. The number of carbonyl (C=O) groups is 2. The second-order valence-electron chi connectivity index (χ2n) is 6.66. The van der Waals surface area contributed by atoms with Gasteiger partial charge in [-0.1, -0.05) is 48.5 Å². The van der Waals surface area contributed by atoms with Crippen molar-refractivity contribution in [3.05, 3.63) is 71.8 Å². The summed E-state index contributed by atoms with van der Waals surface area (Å²) in [5.41, 5.74) is 0.516. The van der Waals surface area contributed by atoms with Gasteiger partial charge in [0.15, 0.2) is 0 Å². The predicted molar refractivity (Wildman–Crippen MR) is 108 cm³/mol. The van der Waals surface area contributed by atoms with Crippen molar-refractivity contribution in [1.82, 2.24) is 5.32 Å². The first-order chi connectivity index (χ1) is 13.1. The molecule has 4 nitrogen and oxygen atoms in total. The lowest BCUT2D eigenvalue weighted by Gasteiger charge is -2.17. The van der Waals surface area contributed by atoms with Crippen molar-refractivity contribution < 1.29 is 14.7 Å². The molecule has 1 amide bonds. The molecule has 5 rings (SSSR count). The van der Waals surface area contributed by atoms with Gasteiger partial charge in [-0.3, -0.25) is 4.79 Å². The lowest BCUT2D eigenvalue weighted by atomic mass is 9.86. The molecule has 2 N–H and O–H groups in total. The van der Waals surface area contributed by atoms with Gasteiger partial charge < -0.3 is 10.4 Å². The van der Waals surface area contributed by atoms with Gasteiger partial charge in [0.2, 0.25) is 0 Å². The quantitative estimate of drug-likeness (QED) is 0.354. The molecule has 5 aromatic carbocycles. The second-order valence-corrected chi connectivity index (χ2v) is 6.66. The van der Waals surface area contributed by atoms with Crippen molar-refractivity contribution in [2.45, 2.75) is 0 Å². The largest absolute Gasteiger partial charge is 0.478 e. The number of rotatable bonds is 2. The van der Waals surface area contributed by atoms with Crippen LogP contribution in [-0.4, -0.2) is 24.0 Å². The van der Waals surface area contributed by atoms with Crippen molar-refractivity contribution >= 4 is 55.0 Å². The van der Waals surface area contributed by atoms with Crippen LogP contribution in [0.5, 0.6) is 0 Å². The molecule has 5 aromatic rings. The van der Waals surface area contributed by atoms with Crippen molar-refractivity contribution in [2.24, 2.45) is 0 Å². The average molecular weight is 353 g/mol. The Morgan fingerprint density at radius 2 is 1.26 bits per heavy atom. The summed E-state index contributed by atoms with van der Waals surface area (Å²) in [7, 11) is 1.55. The summed E-state index contributed by atoms with van der Waals surface area (Å²) in [4.78, 5) is 24.4. The van der Waals surface area contributed by atoms with Crippen LogP contribution in [0.15, 0.2) is 60.7 Å². The van der Waals surface area contributed by atoms with E-state index in [1.165, 1.54) is 0 Å². The Morgan fingerprint density at radius 1 is 0.704 bits per heavy atom. The summed E-state index contributed by atoms with van der Waals surface area (Å²) in [5.74, 6) is -1.33. The van der Waals surface area contributed by atoms with Gasteiger partial charge in [0, 0.05) is 18.0 Å². The number of benzene rings is 5. The summed E-state index contributed by atoms with van der Waals surface area (Å²) in [5, 5.41) is 20.0. The van der Waals surface area contributed by atoms with E-state index in [0.29, 0.717) is 10.9 Å². The molecule has 0 aromatic heterocycles. The fraction of sp³-hybridized carbons (Fsp3) is 0.0435. The van der Waals surface area contributed by atoms with Crippen LogP contribution in [0.4, 0.5) is 0 Å². The fourth-order valence-electron chi connectivity index (χ4n) is 4.24. The lowest BCUT2D eigenvalue weighted by molar-refractivity contribution is 0.0699. The van der Waals surface area contributed by atoms with Crippen molar-refractivity contribution in [3.8, 4) is 0 Å². The zero-order valence-corrected chi connectivity index (χ0v) is 14.5. The standard InChI is InChI=1S/C23H15NO3/c1-24-22(25)17-10-8-15-13-6-2-4-12-5-3-7-14(19(12)13)16-9-11-18(23(26)27)21(17)20(15)16/h2-11H,1H3,(H,24,25)(H,26,27). The highest BCUT2D eigenvalue weighted by Gasteiger charge is 2.21. The minimum absolute atomic E-state index is 0.140. The molecule has 0 atom stereocenters. The number of nitrogens with one attached hydrogen (secondary N) is 1. The van der Waals surface area contributed by atoms with Gasteiger partial charge in [-0.05, 0) is 49.8 Å². The third-order valence-electron chi connectivity index (χ3n) is 5.35. The maximum Gasteiger partial charge on any atom is 0.336 e. The number of carboxylic acids is 1. The minimum atomic E-state index is -1.04. The van der Waals surface area contributed by atoms with Crippen LogP contribution in [0.1, 0.15) is 20.7 Å². The zero-order valence-electron chi connectivity index (χ0n) is 14.5. The Kier molecular flexibility index (Phi) is 3.13. The van der Waals surface area contributed by atoms with Gasteiger partial charge in [-0.15, -0.1) is 0 Å². The summed E-state index contributed by atoms with van der Waals surface area (Å²) in [6.45, 7) is 0. The van der Waals surface area contributed by atoms with E-state index in [1.54, 1.807) is 19.2 Å². The fourth-order valence-corrected chi connectivity index (χ4v) is 4.24. The van der Waals surface area contributed by atoms with Gasteiger partial charge >= 0.3 is 5.97 Å². The number of aromatic carboxylic acids is 1. The first-order valence-electron chi connectivity index (χ1n) is 8.69. The molecule has 0 saturated carbocycles. The van der Waals surface area contributed by atoms with E-state index in [4.69, 9.17) is 0 Å². The van der Waals surface area contributed by atoms with Crippen LogP contribution in [0.2, 0.25) is 0 Å². The van der Waals surface area contributed by atoms with E-state index >= 15 is 0 Å². The van der Waals surface area contributed by atoms with Crippen LogP contribution >= 0.6 is 0 Å². The molecular weight excluding hydrogens is 338 g/mol. The molecule has 0 aliphatic carbocycles. The van der Waals surface area contributed by atoms with E-state index in [2.05, 4.69) is 29.6 Å². The Labute approximate surface area is 154 Å². The molecule has 0 heterocycles. The van der Waals surface area contributed by atoms with E-state index in [1.807, 2.05) is 24.3 Å². The summed E-state index contributed by atoms with van der Waals surface area (Å²) < 4.78 is 0. The third-order valence-corrected chi connectivity index (χ3v) is 5.35. The number of hydrogen-bond donors (Lipinski definition) is 2. The summed E-state index contributed by atoms with van der Waals surface area (Å²) in [6.07, 6.45) is 0. The van der Waals surface area contributed by atoms with Crippen LogP contribution < -0.4 is 5.32 Å². The van der Waals surface area contributed by atoms with E-state index in [0.717, 1.165) is 37.7 Å². The first-order valence-corrected chi connectivity index (χ1v) is 8.69. The summed E-state index contributed by atoms with van der Waals surface area (Å²) in [6, 6.07) is 19.4. The Morgan fingerprint density at radius 3 is 1.81 bits per heavy atom. The van der Waals surface area contributed by atoms with Crippen molar-refractivity contribution in [1.29, 1.82) is 0 Å². The maximum absolute atomic E-state index is 12.5. The molecule has 0 spiro atoms. The van der Waals surface area contributed by atoms with Gasteiger partial charge in [-0.25, -0.2) is 4.79 Å². The smallest absolute Gasteiger partial charge is 0.336 e. The summed E-state index contributed by atoms with van der Waals surface area (Å²) >= 11 is 0. The van der Waals surface area contributed by atoms with Gasteiger partial charge in [0.1, 0.15) is 0 Å². The zero-order chi connectivity index (χ0) is 18.7. The van der Waals surface area contributed by atoms with Crippen LogP contribution in [-0.2, 0) is 0 Å². The third kappa shape index (κ3) is 1.98. The Bertz CT molecular complexity index is 1350. The Hall–Kier alpha value is -3.66. The van der Waals surface area contributed by atoms with E-state index in [-0.39, 0.29) is 11.5 Å². The van der Waals surface area contributed by atoms with Gasteiger partial charge in [-0.2, -0.15) is 0 Å². The van der Waals surface area contributed by atoms with Gasteiger partial charge in [0.05, 0.1) is 5.56 Å². The first kappa shape index (κ1) is 15.6. The molecule has 4 heteroatoms. The topological polar surface area (TPSA) is 66.4 Å². The number of carboxylic acid groups (broad SMARTS) is 1. The second kappa shape index (κ2) is 5.42. The van der Waals surface area contributed by atoms with Crippen LogP contribution in [0.3, 0.4) is 0 Å². The maximum atomic E-state index is 12.5. The number of carbonyl (C=O) groups excluding carboxylic acids is 1. The predicted octanol–water partition coefficient (Wildman–Crippen LogP) is 4.80. The molecule has 0 saturated heterocycles. The van der Waals surface area contributed by atoms with Crippen LogP contribution in [0.25, 0.3) is 43.1 Å². The molecule has 0 bridgehead atoms. The number of hydrogen-bond acceptors (Lipinski definition) is 2. The van der Waals surface area contributed by atoms with Crippen molar-refractivity contribution in [3.63, 3.8) is 0 Å². The molecular formula is C23H15NO3. The lowest BCUT2D eigenvalue weighted by Crippen LogP contribution is -2.19. The molecule has 0 unspecified atom stereocenters. The monoisotopic (exact) mass is 353 g/mol. The normalized spacial score (nSPS) is 11.6. The highest BCUT2D eigenvalue weighted by molar-refractivity contribution is 6.36. The molecule has 0 fully saturated rings. The minimum Gasteiger partial charge on any atom is -0.478 e. The highest BCUT2D eigenvalue weighted by atomic mass is 16.4. The highest BCUT2D eigenvalue weighted by Crippen LogP contribution is 2.42.